The molecule has 4 heterocycles. The van der Waals surface area contributed by atoms with Crippen LogP contribution < -0.4 is 0 Å². The molecule has 4 aromatic heterocycles. The summed E-state index contributed by atoms with van der Waals surface area (Å²) in [6, 6.07) is 57.4. The van der Waals surface area contributed by atoms with Crippen LogP contribution in [0.1, 0.15) is 22.8 Å². The van der Waals surface area contributed by atoms with Crippen molar-refractivity contribution < 1.29 is 0 Å². The van der Waals surface area contributed by atoms with E-state index in [1.807, 2.05) is 52.5 Å². The number of pyridine rings is 4. The molecule has 0 saturated carbocycles. The molecule has 0 bridgehead atoms. The lowest BCUT2D eigenvalue weighted by Gasteiger charge is -2.19. The molecule has 0 aliphatic heterocycles. The summed E-state index contributed by atoms with van der Waals surface area (Å²) >= 11 is 0. The van der Waals surface area contributed by atoms with E-state index in [1.165, 1.54) is 22.3 Å². The Morgan fingerprint density at radius 3 is 0.586 bits per heavy atom. The smallest absolute Gasteiger partial charge is 0.0378 e. The first kappa shape index (κ1) is 36.3. The summed E-state index contributed by atoms with van der Waals surface area (Å²) in [4.78, 5) is 17.7. The summed E-state index contributed by atoms with van der Waals surface area (Å²) in [5.74, 6) is 0. The zero-order valence-electron chi connectivity index (χ0n) is 33.1. The molecule has 5 aromatic carbocycles. The van der Waals surface area contributed by atoms with E-state index in [0.29, 0.717) is 0 Å². The molecule has 0 aliphatic carbocycles. The SMILES string of the molecule is Cc1cc(-c2ccc(-c3cc(-c4ccc(-c5ccnc(C)c5)cc4)c(-c4ccc(-c5ccnc(C)c5)cc4)cc3-c3ccc(-c4ccnc(C)c4)cc3)cc2)ccn1. The molecule has 0 unspecified atom stereocenters. The van der Waals surface area contributed by atoms with Crippen LogP contribution in [0.3, 0.4) is 0 Å². The zero-order chi connectivity index (χ0) is 39.6. The molecule has 0 saturated heterocycles. The summed E-state index contributed by atoms with van der Waals surface area (Å²) in [5.41, 5.74) is 22.6. The Balaban J connectivity index is 1.22. The fraction of sp³-hybridized carbons (Fsp3) is 0.0741. The van der Waals surface area contributed by atoms with Crippen molar-refractivity contribution in [3.63, 3.8) is 0 Å². The lowest BCUT2D eigenvalue weighted by Crippen LogP contribution is -1.93. The van der Waals surface area contributed by atoms with Gasteiger partial charge >= 0.3 is 0 Å². The van der Waals surface area contributed by atoms with Crippen molar-refractivity contribution >= 4 is 0 Å². The quantitative estimate of drug-likeness (QED) is 0.155. The van der Waals surface area contributed by atoms with E-state index < -0.39 is 0 Å². The normalized spacial score (nSPS) is 11.1. The Hall–Kier alpha value is -7.30. The second-order valence-electron chi connectivity index (χ2n) is 15.0. The molecule has 0 atom stereocenters. The largest absolute Gasteiger partial charge is 0.262 e. The number of nitrogens with zero attached hydrogens (tertiary/aromatic N) is 4. The summed E-state index contributed by atoms with van der Waals surface area (Å²) < 4.78 is 0. The van der Waals surface area contributed by atoms with Crippen molar-refractivity contribution in [3.05, 3.63) is 205 Å². The van der Waals surface area contributed by atoms with Gasteiger partial charge in [-0.1, -0.05) is 97.1 Å². The fourth-order valence-corrected chi connectivity index (χ4v) is 7.82. The maximum atomic E-state index is 4.42. The number of hydrogen-bond donors (Lipinski definition) is 0. The maximum absolute atomic E-state index is 4.42. The number of rotatable bonds is 8. The molecule has 0 N–H and O–H groups in total. The summed E-state index contributed by atoms with van der Waals surface area (Å²) in [5, 5.41) is 0. The summed E-state index contributed by atoms with van der Waals surface area (Å²) in [6.45, 7) is 8.14. The van der Waals surface area contributed by atoms with Crippen LogP contribution in [0.25, 0.3) is 89.0 Å². The van der Waals surface area contributed by atoms with Gasteiger partial charge in [-0.15, -0.1) is 0 Å². The van der Waals surface area contributed by atoms with E-state index in [4.69, 9.17) is 0 Å². The highest BCUT2D eigenvalue weighted by Gasteiger charge is 2.17. The van der Waals surface area contributed by atoms with Gasteiger partial charge in [-0.3, -0.25) is 19.9 Å². The van der Waals surface area contributed by atoms with Crippen molar-refractivity contribution in [1.29, 1.82) is 0 Å². The summed E-state index contributed by atoms with van der Waals surface area (Å²) in [6.07, 6.45) is 7.52. The fourth-order valence-electron chi connectivity index (χ4n) is 7.82. The summed E-state index contributed by atoms with van der Waals surface area (Å²) in [7, 11) is 0. The molecule has 4 heteroatoms. The predicted molar refractivity (Wildman–Crippen MR) is 240 cm³/mol. The molecule has 0 radical (unpaired) electrons. The Labute approximate surface area is 340 Å². The lowest BCUT2D eigenvalue weighted by atomic mass is 9.84. The molecule has 0 fully saturated rings. The van der Waals surface area contributed by atoms with E-state index in [-0.39, 0.29) is 0 Å². The van der Waals surface area contributed by atoms with Crippen LogP contribution in [0, 0.1) is 27.7 Å². The highest BCUT2D eigenvalue weighted by molar-refractivity contribution is 5.96. The highest BCUT2D eigenvalue weighted by Crippen LogP contribution is 2.43. The molecular formula is C54H42N4. The third-order valence-corrected chi connectivity index (χ3v) is 10.9. The molecule has 9 aromatic rings. The molecule has 9 rings (SSSR count). The Morgan fingerprint density at radius 2 is 0.397 bits per heavy atom. The standard InChI is InChI=1S/C54H42N4/c1-35-29-47(21-25-55-35)39-5-13-43(14-6-39)51-33-53(45-17-9-41(10-18-45)49-23-27-57-37(3)31-49)54(46-19-11-42(12-20-46)50-24-28-58-38(4)32-50)34-52(51)44-15-7-40(8-16-44)48-22-26-56-36(2)30-48/h5-34H,1-4H3. The van der Waals surface area contributed by atoms with Gasteiger partial charge in [0.2, 0.25) is 0 Å². The Bertz CT molecular complexity index is 2490. The van der Waals surface area contributed by atoms with Gasteiger partial charge in [0.05, 0.1) is 0 Å². The molecule has 4 nitrogen and oxygen atoms in total. The van der Waals surface area contributed by atoms with Crippen molar-refractivity contribution in [2.75, 3.05) is 0 Å². The predicted octanol–water partition coefficient (Wildman–Crippen LogP) is 13.8. The van der Waals surface area contributed by atoms with Gasteiger partial charge in [0, 0.05) is 47.6 Å². The molecule has 0 aliphatic rings. The topological polar surface area (TPSA) is 51.6 Å². The van der Waals surface area contributed by atoms with E-state index in [0.717, 1.165) is 89.5 Å². The van der Waals surface area contributed by atoms with Crippen LogP contribution in [0.5, 0.6) is 0 Å². The average Bonchev–Trinajstić information content (AvgIpc) is 3.26. The minimum Gasteiger partial charge on any atom is -0.262 e. The first-order valence-corrected chi connectivity index (χ1v) is 19.7. The van der Waals surface area contributed by atoms with Gasteiger partial charge in [-0.25, -0.2) is 0 Å². The number of aryl methyl sites for hydroxylation is 4. The maximum Gasteiger partial charge on any atom is 0.0378 e. The van der Waals surface area contributed by atoms with E-state index >= 15 is 0 Å². The average molecular weight is 747 g/mol. The molecule has 278 valence electrons. The van der Waals surface area contributed by atoms with Crippen LogP contribution in [0.2, 0.25) is 0 Å². The Morgan fingerprint density at radius 1 is 0.207 bits per heavy atom. The van der Waals surface area contributed by atoms with Crippen molar-refractivity contribution in [2.45, 2.75) is 27.7 Å². The zero-order valence-corrected chi connectivity index (χ0v) is 33.1. The van der Waals surface area contributed by atoms with E-state index in [9.17, 15) is 0 Å². The Kier molecular flexibility index (Phi) is 9.83. The van der Waals surface area contributed by atoms with Gasteiger partial charge < -0.3 is 0 Å². The molecule has 0 amide bonds. The van der Waals surface area contributed by atoms with E-state index in [1.54, 1.807) is 0 Å². The second kappa shape index (κ2) is 15.7. The van der Waals surface area contributed by atoms with Crippen molar-refractivity contribution in [3.8, 4) is 89.0 Å². The van der Waals surface area contributed by atoms with Crippen LogP contribution >= 0.6 is 0 Å². The molecule has 58 heavy (non-hydrogen) atoms. The van der Waals surface area contributed by atoms with Crippen molar-refractivity contribution in [1.82, 2.24) is 19.9 Å². The lowest BCUT2D eigenvalue weighted by molar-refractivity contribution is 1.20. The third-order valence-electron chi connectivity index (χ3n) is 10.9. The number of hydrogen-bond acceptors (Lipinski definition) is 4. The first-order valence-electron chi connectivity index (χ1n) is 19.7. The minimum atomic E-state index is 1.00. The minimum absolute atomic E-state index is 1.00. The van der Waals surface area contributed by atoms with Gasteiger partial charge in [-0.2, -0.15) is 0 Å². The van der Waals surface area contributed by atoms with Crippen molar-refractivity contribution in [2.24, 2.45) is 0 Å². The molecular weight excluding hydrogens is 705 g/mol. The van der Waals surface area contributed by atoms with E-state index in [2.05, 4.69) is 178 Å². The van der Waals surface area contributed by atoms with Gasteiger partial charge in [0.1, 0.15) is 0 Å². The number of aromatic nitrogens is 4. The van der Waals surface area contributed by atoms with Crippen LogP contribution in [-0.4, -0.2) is 19.9 Å². The van der Waals surface area contributed by atoms with Crippen LogP contribution in [-0.2, 0) is 0 Å². The van der Waals surface area contributed by atoms with Gasteiger partial charge in [-0.05, 0) is 177 Å². The number of benzene rings is 5. The van der Waals surface area contributed by atoms with Gasteiger partial charge in [0.25, 0.3) is 0 Å². The monoisotopic (exact) mass is 746 g/mol. The molecule has 0 spiro atoms. The first-order chi connectivity index (χ1) is 28.3. The third kappa shape index (κ3) is 7.61. The van der Waals surface area contributed by atoms with Gasteiger partial charge in [0.15, 0.2) is 0 Å². The van der Waals surface area contributed by atoms with Crippen LogP contribution in [0.4, 0.5) is 0 Å². The second-order valence-corrected chi connectivity index (χ2v) is 15.0. The highest BCUT2D eigenvalue weighted by atomic mass is 14.7. The van der Waals surface area contributed by atoms with Crippen LogP contribution in [0.15, 0.2) is 183 Å².